The normalized spacial score (nSPS) is 12.2. The van der Waals surface area contributed by atoms with Gasteiger partial charge in [-0.05, 0) is 19.6 Å². The molecule has 0 aromatic carbocycles. The first-order chi connectivity index (χ1) is 7.72. The molecule has 1 atom stereocenters. The van der Waals surface area contributed by atoms with Gasteiger partial charge in [0.2, 0.25) is 5.88 Å². The van der Waals surface area contributed by atoms with Crippen LogP contribution in [0.5, 0.6) is 5.88 Å². The molecular weight excluding hydrogens is 222 g/mol. The van der Waals surface area contributed by atoms with Crippen LogP contribution < -0.4 is 10.1 Å². The fourth-order valence-corrected chi connectivity index (χ4v) is 2.16. The number of hydrogen-bond donors (Lipinski definition) is 1. The standard InChI is InChI=1S/C11H19N3OS/c1-5-9(6-16-4)14-10-8(2)11(15-3)13-7-12-10/h7,9H,5-6H2,1-4H3,(H,12,13,14). The minimum Gasteiger partial charge on any atom is -0.481 e. The number of hydrogen-bond acceptors (Lipinski definition) is 5. The lowest BCUT2D eigenvalue weighted by atomic mass is 10.2. The number of nitrogens with zero attached hydrogens (tertiary/aromatic N) is 2. The van der Waals surface area contributed by atoms with Gasteiger partial charge in [0, 0.05) is 11.8 Å². The molecule has 0 saturated carbocycles. The molecule has 1 aromatic heterocycles. The van der Waals surface area contributed by atoms with Gasteiger partial charge in [-0.2, -0.15) is 11.8 Å². The number of aromatic nitrogens is 2. The lowest BCUT2D eigenvalue weighted by molar-refractivity contribution is 0.393. The lowest BCUT2D eigenvalue weighted by Crippen LogP contribution is -2.22. The minimum atomic E-state index is 0.438. The van der Waals surface area contributed by atoms with Crippen molar-refractivity contribution in [3.63, 3.8) is 0 Å². The molecule has 90 valence electrons. The van der Waals surface area contributed by atoms with Crippen LogP contribution in [0.4, 0.5) is 5.82 Å². The topological polar surface area (TPSA) is 47.0 Å². The van der Waals surface area contributed by atoms with E-state index in [1.165, 1.54) is 6.33 Å². The Morgan fingerprint density at radius 1 is 1.50 bits per heavy atom. The predicted molar refractivity (Wildman–Crippen MR) is 69.4 cm³/mol. The van der Waals surface area contributed by atoms with Gasteiger partial charge in [0.25, 0.3) is 0 Å². The first-order valence-electron chi connectivity index (χ1n) is 5.34. The molecular formula is C11H19N3OS. The summed E-state index contributed by atoms with van der Waals surface area (Å²) in [5.74, 6) is 2.58. The Morgan fingerprint density at radius 3 is 2.81 bits per heavy atom. The molecule has 1 rings (SSSR count). The molecule has 0 aliphatic carbocycles. The van der Waals surface area contributed by atoms with Crippen LogP contribution in [0.25, 0.3) is 0 Å². The van der Waals surface area contributed by atoms with Crippen LogP contribution in [0, 0.1) is 6.92 Å². The Bertz CT molecular complexity index is 333. The summed E-state index contributed by atoms with van der Waals surface area (Å²) in [6.45, 7) is 4.13. The second kappa shape index (κ2) is 6.58. The molecule has 16 heavy (non-hydrogen) atoms. The van der Waals surface area contributed by atoms with Crippen molar-refractivity contribution in [2.45, 2.75) is 26.3 Å². The first-order valence-corrected chi connectivity index (χ1v) is 6.73. The molecule has 0 saturated heterocycles. The molecule has 0 fully saturated rings. The molecule has 5 heteroatoms. The molecule has 1 heterocycles. The van der Waals surface area contributed by atoms with E-state index in [1.807, 2.05) is 18.7 Å². The lowest BCUT2D eigenvalue weighted by Gasteiger charge is -2.18. The maximum absolute atomic E-state index is 5.16. The Balaban J connectivity index is 2.79. The third-order valence-electron chi connectivity index (χ3n) is 2.43. The van der Waals surface area contributed by atoms with Crippen molar-refractivity contribution < 1.29 is 4.74 Å². The molecule has 0 amide bonds. The van der Waals surface area contributed by atoms with Crippen LogP contribution in [-0.2, 0) is 0 Å². The van der Waals surface area contributed by atoms with Crippen LogP contribution in [0.15, 0.2) is 6.33 Å². The number of methoxy groups -OCH3 is 1. The summed E-state index contributed by atoms with van der Waals surface area (Å²) in [5, 5.41) is 3.42. The van der Waals surface area contributed by atoms with Crippen LogP contribution in [0.3, 0.4) is 0 Å². The minimum absolute atomic E-state index is 0.438. The van der Waals surface area contributed by atoms with Crippen LogP contribution in [-0.4, -0.2) is 35.1 Å². The van der Waals surface area contributed by atoms with Crippen molar-refractivity contribution in [1.29, 1.82) is 0 Å². The Morgan fingerprint density at radius 2 is 2.25 bits per heavy atom. The summed E-state index contributed by atoms with van der Waals surface area (Å²) in [7, 11) is 1.62. The molecule has 1 N–H and O–H groups in total. The largest absolute Gasteiger partial charge is 0.481 e. The summed E-state index contributed by atoms with van der Waals surface area (Å²) >= 11 is 1.83. The van der Waals surface area contributed by atoms with Gasteiger partial charge >= 0.3 is 0 Å². The van der Waals surface area contributed by atoms with Gasteiger partial charge in [0.05, 0.1) is 12.7 Å². The number of nitrogens with one attached hydrogen (secondary N) is 1. The van der Waals surface area contributed by atoms with Crippen LogP contribution in [0.1, 0.15) is 18.9 Å². The van der Waals surface area contributed by atoms with Crippen LogP contribution >= 0.6 is 11.8 Å². The second-order valence-corrected chi connectivity index (χ2v) is 4.47. The smallest absolute Gasteiger partial charge is 0.221 e. The highest BCUT2D eigenvalue weighted by atomic mass is 32.2. The van der Waals surface area contributed by atoms with Crippen molar-refractivity contribution in [2.75, 3.05) is 24.4 Å². The third kappa shape index (κ3) is 3.27. The van der Waals surface area contributed by atoms with E-state index in [2.05, 4.69) is 28.5 Å². The molecule has 1 aromatic rings. The third-order valence-corrected chi connectivity index (χ3v) is 3.17. The fourth-order valence-electron chi connectivity index (χ4n) is 1.44. The van der Waals surface area contributed by atoms with E-state index in [9.17, 15) is 0 Å². The van der Waals surface area contributed by atoms with Crippen molar-refractivity contribution in [3.8, 4) is 5.88 Å². The number of rotatable bonds is 6. The zero-order chi connectivity index (χ0) is 12.0. The molecule has 0 aliphatic heterocycles. The zero-order valence-corrected chi connectivity index (χ0v) is 11.1. The molecule has 0 radical (unpaired) electrons. The molecule has 0 aliphatic rings. The maximum atomic E-state index is 5.16. The Kier molecular flexibility index (Phi) is 5.38. The highest BCUT2D eigenvalue weighted by molar-refractivity contribution is 7.98. The van der Waals surface area contributed by atoms with Crippen molar-refractivity contribution >= 4 is 17.6 Å². The van der Waals surface area contributed by atoms with Gasteiger partial charge in [-0.1, -0.05) is 6.92 Å². The van der Waals surface area contributed by atoms with E-state index in [0.29, 0.717) is 11.9 Å². The van der Waals surface area contributed by atoms with E-state index in [-0.39, 0.29) is 0 Å². The van der Waals surface area contributed by atoms with Crippen molar-refractivity contribution in [3.05, 3.63) is 11.9 Å². The quantitative estimate of drug-likeness (QED) is 0.828. The summed E-state index contributed by atoms with van der Waals surface area (Å²) < 4.78 is 5.16. The van der Waals surface area contributed by atoms with Gasteiger partial charge in [-0.15, -0.1) is 0 Å². The van der Waals surface area contributed by atoms with E-state index in [4.69, 9.17) is 4.74 Å². The van der Waals surface area contributed by atoms with E-state index >= 15 is 0 Å². The highest BCUT2D eigenvalue weighted by Crippen LogP contribution is 2.21. The van der Waals surface area contributed by atoms with Gasteiger partial charge < -0.3 is 10.1 Å². The summed E-state index contributed by atoms with van der Waals surface area (Å²) in [4.78, 5) is 8.30. The summed E-state index contributed by atoms with van der Waals surface area (Å²) in [6.07, 6.45) is 4.71. The van der Waals surface area contributed by atoms with Crippen molar-refractivity contribution in [2.24, 2.45) is 0 Å². The average Bonchev–Trinajstić information content (AvgIpc) is 2.31. The second-order valence-electron chi connectivity index (χ2n) is 3.56. The Labute approximate surface area is 101 Å². The summed E-state index contributed by atoms with van der Waals surface area (Å²) in [5.41, 5.74) is 0.963. The fraction of sp³-hybridized carbons (Fsp3) is 0.636. The molecule has 0 bridgehead atoms. The van der Waals surface area contributed by atoms with Gasteiger partial charge in [-0.25, -0.2) is 9.97 Å². The maximum Gasteiger partial charge on any atom is 0.221 e. The van der Waals surface area contributed by atoms with Gasteiger partial charge in [0.15, 0.2) is 0 Å². The average molecular weight is 241 g/mol. The predicted octanol–water partition coefficient (Wildman–Crippen LogP) is 2.35. The van der Waals surface area contributed by atoms with Gasteiger partial charge in [-0.3, -0.25) is 0 Å². The van der Waals surface area contributed by atoms with E-state index < -0.39 is 0 Å². The number of thioether (sulfide) groups is 1. The monoisotopic (exact) mass is 241 g/mol. The van der Waals surface area contributed by atoms with E-state index in [1.54, 1.807) is 7.11 Å². The Hall–Kier alpha value is -0.970. The highest BCUT2D eigenvalue weighted by Gasteiger charge is 2.11. The van der Waals surface area contributed by atoms with Crippen molar-refractivity contribution in [1.82, 2.24) is 9.97 Å². The molecule has 0 spiro atoms. The van der Waals surface area contributed by atoms with E-state index in [0.717, 1.165) is 23.6 Å². The summed E-state index contributed by atoms with van der Waals surface area (Å²) in [6, 6.07) is 0.438. The van der Waals surface area contributed by atoms with Gasteiger partial charge in [0.1, 0.15) is 12.1 Å². The zero-order valence-electron chi connectivity index (χ0n) is 10.3. The molecule has 4 nitrogen and oxygen atoms in total. The number of ether oxygens (including phenoxy) is 1. The number of anilines is 1. The molecule has 1 unspecified atom stereocenters. The van der Waals surface area contributed by atoms with Crippen LogP contribution in [0.2, 0.25) is 0 Å². The SMILES string of the molecule is CCC(CSC)Nc1ncnc(OC)c1C. The first kappa shape index (κ1) is 13.1.